The summed E-state index contributed by atoms with van der Waals surface area (Å²) in [6, 6.07) is 4.74. The first-order valence-electron chi connectivity index (χ1n) is 6.99. The van der Waals surface area contributed by atoms with Gasteiger partial charge in [0.25, 0.3) is 0 Å². The Morgan fingerprint density at radius 2 is 1.96 bits per heavy atom. The molecule has 2 nitrogen and oxygen atoms in total. The number of ether oxygens (including phenoxy) is 1. The standard InChI is InChI=1S/C16H14Cl3F3O2/c1-15(2)10(6-12(19)16(20,21)22)13(15)14(23)24-7-8-3-4-9(17)5-11(8)18/h3-6,10,13H,7H2,1-2H3/b12-6-/t10-,13-/m1/s1. The number of carbonyl (C=O) groups excluding carboxylic acids is 1. The summed E-state index contributed by atoms with van der Waals surface area (Å²) in [5.41, 5.74) is -0.0833. The second-order valence-corrected chi connectivity index (χ2v) is 7.43. The highest BCUT2D eigenvalue weighted by molar-refractivity contribution is 6.35. The van der Waals surface area contributed by atoms with Crippen LogP contribution in [-0.4, -0.2) is 12.1 Å². The predicted octanol–water partition coefficient (Wildman–Crippen LogP) is 5.99. The lowest BCUT2D eigenvalue weighted by atomic mass is 10.1. The van der Waals surface area contributed by atoms with Crippen LogP contribution in [0.3, 0.4) is 0 Å². The van der Waals surface area contributed by atoms with Gasteiger partial charge in [-0.2, -0.15) is 13.2 Å². The summed E-state index contributed by atoms with van der Waals surface area (Å²) < 4.78 is 42.8. The monoisotopic (exact) mass is 400 g/mol. The van der Waals surface area contributed by atoms with E-state index in [0.29, 0.717) is 15.6 Å². The molecule has 2 rings (SSSR count). The smallest absolute Gasteiger partial charge is 0.426 e. The number of rotatable bonds is 4. The first-order chi connectivity index (χ1) is 10.9. The van der Waals surface area contributed by atoms with Crippen LogP contribution in [0.5, 0.6) is 0 Å². The number of esters is 1. The van der Waals surface area contributed by atoms with Crippen molar-refractivity contribution < 1.29 is 22.7 Å². The predicted molar refractivity (Wildman–Crippen MR) is 87.0 cm³/mol. The molecule has 8 heteroatoms. The maximum absolute atomic E-state index is 12.5. The number of alkyl halides is 3. The van der Waals surface area contributed by atoms with Crippen molar-refractivity contribution in [2.75, 3.05) is 0 Å². The molecule has 24 heavy (non-hydrogen) atoms. The van der Waals surface area contributed by atoms with Crippen LogP contribution in [0.4, 0.5) is 13.2 Å². The number of benzene rings is 1. The fourth-order valence-corrected chi connectivity index (χ4v) is 3.17. The van der Waals surface area contributed by atoms with Gasteiger partial charge in [-0.05, 0) is 23.5 Å². The summed E-state index contributed by atoms with van der Waals surface area (Å²) in [5.74, 6) is -1.89. The van der Waals surface area contributed by atoms with Crippen molar-refractivity contribution in [3.05, 3.63) is 44.9 Å². The van der Waals surface area contributed by atoms with E-state index < -0.39 is 34.4 Å². The Bertz CT molecular complexity index is 684. The lowest BCUT2D eigenvalue weighted by Gasteiger charge is -2.07. The lowest BCUT2D eigenvalue weighted by Crippen LogP contribution is -2.11. The highest BCUT2D eigenvalue weighted by atomic mass is 35.5. The van der Waals surface area contributed by atoms with Gasteiger partial charge in [0, 0.05) is 15.6 Å². The molecule has 1 aromatic carbocycles. The van der Waals surface area contributed by atoms with E-state index in [1.54, 1.807) is 26.0 Å². The minimum atomic E-state index is -4.62. The Labute approximate surface area is 152 Å². The van der Waals surface area contributed by atoms with Gasteiger partial charge in [-0.1, -0.05) is 60.8 Å². The fourth-order valence-electron chi connectivity index (χ4n) is 2.57. The third-order valence-corrected chi connectivity index (χ3v) is 5.07. The fraction of sp³-hybridized carbons (Fsp3) is 0.438. The number of allylic oxidation sites excluding steroid dienone is 2. The van der Waals surface area contributed by atoms with E-state index in [2.05, 4.69) is 0 Å². The van der Waals surface area contributed by atoms with Crippen molar-refractivity contribution in [1.82, 2.24) is 0 Å². The normalized spacial score (nSPS) is 23.1. The minimum absolute atomic E-state index is 0.0785. The van der Waals surface area contributed by atoms with Crippen LogP contribution in [0.15, 0.2) is 29.3 Å². The van der Waals surface area contributed by atoms with Crippen molar-refractivity contribution in [3.63, 3.8) is 0 Å². The van der Waals surface area contributed by atoms with Crippen LogP contribution < -0.4 is 0 Å². The van der Waals surface area contributed by atoms with E-state index in [9.17, 15) is 18.0 Å². The average Bonchev–Trinajstić information content (AvgIpc) is 2.97. The van der Waals surface area contributed by atoms with Gasteiger partial charge in [-0.25, -0.2) is 0 Å². The van der Waals surface area contributed by atoms with Gasteiger partial charge in [0.1, 0.15) is 11.6 Å². The molecule has 1 saturated carbocycles. The van der Waals surface area contributed by atoms with Gasteiger partial charge in [-0.15, -0.1) is 0 Å². The highest BCUT2D eigenvalue weighted by Crippen LogP contribution is 2.60. The first kappa shape index (κ1) is 19.4. The maximum Gasteiger partial charge on any atom is 0.426 e. The number of hydrogen-bond acceptors (Lipinski definition) is 2. The number of carbonyl (C=O) groups is 1. The van der Waals surface area contributed by atoms with Crippen LogP contribution in [-0.2, 0) is 16.1 Å². The molecule has 0 N–H and O–H groups in total. The van der Waals surface area contributed by atoms with Crippen LogP contribution in [0.2, 0.25) is 10.0 Å². The molecule has 132 valence electrons. The molecule has 0 aromatic heterocycles. The van der Waals surface area contributed by atoms with Gasteiger partial charge in [-0.3, -0.25) is 4.79 Å². The zero-order valence-corrected chi connectivity index (χ0v) is 15.0. The van der Waals surface area contributed by atoms with Crippen molar-refractivity contribution in [3.8, 4) is 0 Å². The van der Waals surface area contributed by atoms with E-state index in [-0.39, 0.29) is 6.61 Å². The Morgan fingerprint density at radius 1 is 1.33 bits per heavy atom. The third-order valence-electron chi connectivity index (χ3n) is 4.15. The molecule has 0 radical (unpaired) electrons. The molecule has 0 spiro atoms. The topological polar surface area (TPSA) is 26.3 Å². The van der Waals surface area contributed by atoms with Crippen LogP contribution in [0.25, 0.3) is 0 Å². The molecule has 0 heterocycles. The molecule has 0 unspecified atom stereocenters. The Balaban J connectivity index is 2.02. The molecule has 2 atom stereocenters. The second-order valence-electron chi connectivity index (χ2n) is 6.18. The van der Waals surface area contributed by atoms with Gasteiger partial charge in [0.2, 0.25) is 0 Å². The molecular formula is C16H14Cl3F3O2. The summed E-state index contributed by atoms with van der Waals surface area (Å²) >= 11 is 17.0. The Kier molecular flexibility index (Phi) is 5.48. The largest absolute Gasteiger partial charge is 0.461 e. The highest BCUT2D eigenvalue weighted by Gasteiger charge is 2.62. The van der Waals surface area contributed by atoms with E-state index in [1.807, 2.05) is 0 Å². The quantitative estimate of drug-likeness (QED) is 0.579. The van der Waals surface area contributed by atoms with Crippen molar-refractivity contribution >= 4 is 40.8 Å². The van der Waals surface area contributed by atoms with Crippen LogP contribution in [0.1, 0.15) is 19.4 Å². The summed E-state index contributed by atoms with van der Waals surface area (Å²) in [7, 11) is 0. The maximum atomic E-state index is 12.5. The van der Waals surface area contributed by atoms with Gasteiger partial charge in [0.05, 0.1) is 5.92 Å². The molecule has 0 aliphatic heterocycles. The Hall–Kier alpha value is -0.910. The number of halogens is 6. The Morgan fingerprint density at radius 3 is 2.50 bits per heavy atom. The molecule has 0 saturated heterocycles. The van der Waals surface area contributed by atoms with Crippen molar-refractivity contribution in [2.24, 2.45) is 17.3 Å². The summed E-state index contributed by atoms with van der Waals surface area (Å²) in [5, 5.41) is -0.427. The van der Waals surface area contributed by atoms with Crippen LogP contribution in [0, 0.1) is 17.3 Å². The molecule has 0 amide bonds. The average molecular weight is 402 g/mol. The molecule has 1 aliphatic carbocycles. The molecule has 0 bridgehead atoms. The lowest BCUT2D eigenvalue weighted by molar-refractivity contribution is -0.147. The van der Waals surface area contributed by atoms with Crippen LogP contribution >= 0.6 is 34.8 Å². The van der Waals surface area contributed by atoms with E-state index in [4.69, 9.17) is 39.5 Å². The summed E-state index contributed by atoms with van der Waals surface area (Å²) in [6.45, 7) is 3.30. The van der Waals surface area contributed by atoms with E-state index >= 15 is 0 Å². The van der Waals surface area contributed by atoms with Crippen molar-refractivity contribution in [2.45, 2.75) is 26.6 Å². The first-order valence-corrected chi connectivity index (χ1v) is 8.13. The SMILES string of the molecule is CC1(C)[C@H](/C=C(\Cl)C(F)(F)F)[C@@H]1C(=O)OCc1ccc(Cl)cc1Cl. The summed E-state index contributed by atoms with van der Waals surface area (Å²) in [6.07, 6.45) is -3.74. The van der Waals surface area contributed by atoms with Gasteiger partial charge < -0.3 is 4.74 Å². The molecule has 1 aromatic rings. The van der Waals surface area contributed by atoms with E-state index in [0.717, 1.165) is 6.08 Å². The molecule has 1 fully saturated rings. The van der Waals surface area contributed by atoms with Gasteiger partial charge in [0.15, 0.2) is 0 Å². The van der Waals surface area contributed by atoms with E-state index in [1.165, 1.54) is 6.07 Å². The molecule has 1 aliphatic rings. The zero-order valence-electron chi connectivity index (χ0n) is 12.8. The number of hydrogen-bond donors (Lipinski definition) is 0. The minimum Gasteiger partial charge on any atom is -0.461 e. The van der Waals surface area contributed by atoms with Crippen molar-refractivity contribution in [1.29, 1.82) is 0 Å². The second kappa shape index (κ2) is 6.77. The zero-order chi connectivity index (χ0) is 18.3. The summed E-state index contributed by atoms with van der Waals surface area (Å²) in [4.78, 5) is 12.2. The third kappa shape index (κ3) is 4.19. The van der Waals surface area contributed by atoms with Gasteiger partial charge >= 0.3 is 12.1 Å². The molecular weight excluding hydrogens is 388 g/mol.